The van der Waals surface area contributed by atoms with E-state index < -0.39 is 11.7 Å². The second-order valence-electron chi connectivity index (χ2n) is 7.04. The van der Waals surface area contributed by atoms with Gasteiger partial charge in [-0.2, -0.15) is 13.2 Å². The Balaban J connectivity index is 1.56. The molecule has 0 aliphatic heterocycles. The predicted molar refractivity (Wildman–Crippen MR) is 98.4 cm³/mol. The van der Waals surface area contributed by atoms with Crippen molar-refractivity contribution in [3.8, 4) is 11.3 Å². The van der Waals surface area contributed by atoms with Crippen molar-refractivity contribution < 1.29 is 18.0 Å². The number of nitrogens with zero attached hydrogens (tertiary/aromatic N) is 3. The van der Waals surface area contributed by atoms with Gasteiger partial charge in [-0.1, -0.05) is 25.0 Å². The van der Waals surface area contributed by atoms with Crippen molar-refractivity contribution in [2.24, 2.45) is 0 Å². The van der Waals surface area contributed by atoms with Crippen molar-refractivity contribution in [1.29, 1.82) is 0 Å². The van der Waals surface area contributed by atoms with Crippen LogP contribution in [0, 0.1) is 0 Å². The first kappa shape index (κ1) is 18.5. The van der Waals surface area contributed by atoms with E-state index in [1.807, 2.05) is 0 Å². The van der Waals surface area contributed by atoms with Crippen molar-refractivity contribution in [2.45, 2.75) is 44.4 Å². The molecule has 0 unspecified atom stereocenters. The van der Waals surface area contributed by atoms with Crippen molar-refractivity contribution in [2.75, 3.05) is 0 Å². The molecule has 0 saturated heterocycles. The Labute approximate surface area is 159 Å². The second-order valence-corrected chi connectivity index (χ2v) is 7.04. The Bertz CT molecular complexity index is 989. The number of hydrogen-bond acceptors (Lipinski definition) is 3. The summed E-state index contributed by atoms with van der Waals surface area (Å²) in [6, 6.07) is 8.55. The van der Waals surface area contributed by atoms with Gasteiger partial charge in [-0.3, -0.25) is 4.79 Å². The third-order valence-electron chi connectivity index (χ3n) is 5.01. The molecule has 5 nitrogen and oxygen atoms in total. The highest BCUT2D eigenvalue weighted by atomic mass is 19.4. The van der Waals surface area contributed by atoms with E-state index in [2.05, 4.69) is 15.3 Å². The maximum atomic E-state index is 12.7. The predicted octanol–water partition coefficient (Wildman–Crippen LogP) is 4.18. The van der Waals surface area contributed by atoms with Gasteiger partial charge in [0.25, 0.3) is 0 Å². The van der Waals surface area contributed by atoms with E-state index in [-0.39, 0.29) is 18.5 Å². The zero-order valence-electron chi connectivity index (χ0n) is 15.0. The molecule has 146 valence electrons. The average Bonchev–Trinajstić information content (AvgIpc) is 3.31. The van der Waals surface area contributed by atoms with E-state index in [1.165, 1.54) is 12.1 Å². The fourth-order valence-corrected chi connectivity index (χ4v) is 3.54. The number of alkyl halides is 3. The molecule has 1 saturated carbocycles. The molecule has 1 aromatic carbocycles. The Morgan fingerprint density at radius 3 is 2.50 bits per heavy atom. The van der Waals surface area contributed by atoms with Crippen LogP contribution < -0.4 is 5.32 Å². The molecule has 1 aliphatic carbocycles. The minimum absolute atomic E-state index is 0.0899. The van der Waals surface area contributed by atoms with Gasteiger partial charge in [0, 0.05) is 11.6 Å². The first-order valence-corrected chi connectivity index (χ1v) is 9.19. The lowest BCUT2D eigenvalue weighted by atomic mass is 10.1. The van der Waals surface area contributed by atoms with Crippen molar-refractivity contribution in [1.82, 2.24) is 19.9 Å². The van der Waals surface area contributed by atoms with Crippen LogP contribution >= 0.6 is 0 Å². The molecule has 1 amide bonds. The Morgan fingerprint density at radius 2 is 1.82 bits per heavy atom. The van der Waals surface area contributed by atoms with Gasteiger partial charge in [-0.15, -0.1) is 0 Å². The molecule has 0 bridgehead atoms. The van der Waals surface area contributed by atoms with Crippen molar-refractivity contribution >= 4 is 17.1 Å². The Kier molecular flexibility index (Phi) is 4.78. The summed E-state index contributed by atoms with van der Waals surface area (Å²) in [5, 5.41) is 3.03. The topological polar surface area (TPSA) is 59.8 Å². The van der Waals surface area contributed by atoms with E-state index in [1.54, 1.807) is 23.0 Å². The largest absolute Gasteiger partial charge is 0.416 e. The number of imidazole rings is 1. The van der Waals surface area contributed by atoms with Crippen LogP contribution in [0.2, 0.25) is 0 Å². The lowest BCUT2D eigenvalue weighted by Crippen LogP contribution is -2.35. The lowest BCUT2D eigenvalue weighted by Gasteiger charge is -2.12. The van der Waals surface area contributed by atoms with Crippen molar-refractivity contribution in [3.63, 3.8) is 0 Å². The fourth-order valence-electron chi connectivity index (χ4n) is 3.54. The van der Waals surface area contributed by atoms with Gasteiger partial charge in [0.15, 0.2) is 5.65 Å². The minimum atomic E-state index is -4.37. The van der Waals surface area contributed by atoms with Crippen LogP contribution in [0.4, 0.5) is 13.2 Å². The monoisotopic (exact) mass is 388 g/mol. The normalized spacial score (nSPS) is 15.2. The van der Waals surface area contributed by atoms with Gasteiger partial charge in [0.05, 0.1) is 17.6 Å². The SMILES string of the molecule is O=C(Cn1cnc2ccc(-c3ccc(C(F)(F)F)cc3)nc21)NC1CCCC1. The highest BCUT2D eigenvalue weighted by molar-refractivity contribution is 5.80. The molecule has 0 radical (unpaired) electrons. The number of aromatic nitrogens is 3. The van der Waals surface area contributed by atoms with Crippen LogP contribution in [-0.4, -0.2) is 26.5 Å². The number of carbonyl (C=O) groups is 1. The molecule has 1 N–H and O–H groups in total. The van der Waals surface area contributed by atoms with Gasteiger partial charge in [0.2, 0.25) is 5.91 Å². The van der Waals surface area contributed by atoms with E-state index in [0.717, 1.165) is 37.8 Å². The number of halogens is 3. The van der Waals surface area contributed by atoms with E-state index in [0.29, 0.717) is 22.4 Å². The van der Waals surface area contributed by atoms with Crippen LogP contribution in [0.25, 0.3) is 22.4 Å². The summed E-state index contributed by atoms with van der Waals surface area (Å²) in [4.78, 5) is 21.1. The molecule has 2 aromatic heterocycles. The Morgan fingerprint density at radius 1 is 1.11 bits per heavy atom. The van der Waals surface area contributed by atoms with E-state index in [4.69, 9.17) is 0 Å². The van der Waals surface area contributed by atoms with Crippen LogP contribution in [-0.2, 0) is 17.5 Å². The van der Waals surface area contributed by atoms with Crippen LogP contribution in [0.5, 0.6) is 0 Å². The molecule has 2 heterocycles. The molecule has 1 aliphatic rings. The highest BCUT2D eigenvalue weighted by Crippen LogP contribution is 2.31. The summed E-state index contributed by atoms with van der Waals surface area (Å²) in [5.74, 6) is -0.0899. The molecule has 0 atom stereocenters. The maximum Gasteiger partial charge on any atom is 0.416 e. The summed E-state index contributed by atoms with van der Waals surface area (Å²) in [5.41, 5.74) is 1.55. The van der Waals surface area contributed by atoms with Gasteiger partial charge < -0.3 is 9.88 Å². The lowest BCUT2D eigenvalue weighted by molar-refractivity contribution is -0.137. The first-order valence-electron chi connectivity index (χ1n) is 9.19. The number of benzene rings is 1. The number of rotatable bonds is 4. The van der Waals surface area contributed by atoms with Gasteiger partial charge in [-0.25, -0.2) is 9.97 Å². The average molecular weight is 388 g/mol. The fraction of sp³-hybridized carbons (Fsp3) is 0.350. The summed E-state index contributed by atoms with van der Waals surface area (Å²) in [7, 11) is 0. The first-order chi connectivity index (χ1) is 13.4. The second kappa shape index (κ2) is 7.26. The maximum absolute atomic E-state index is 12.7. The highest BCUT2D eigenvalue weighted by Gasteiger charge is 2.30. The third kappa shape index (κ3) is 3.85. The standard InChI is InChI=1S/C20H19F3N4O/c21-20(22,23)14-7-5-13(6-8-14)16-9-10-17-19(26-16)27(12-24-17)11-18(28)25-15-3-1-2-4-15/h5-10,12,15H,1-4,11H2,(H,25,28). The van der Waals surface area contributed by atoms with Gasteiger partial charge >= 0.3 is 6.18 Å². The molecule has 0 spiro atoms. The zero-order valence-corrected chi connectivity index (χ0v) is 15.0. The molecule has 1 fully saturated rings. The summed E-state index contributed by atoms with van der Waals surface area (Å²) < 4.78 is 39.9. The number of nitrogens with one attached hydrogen (secondary N) is 1. The molecular weight excluding hydrogens is 369 g/mol. The minimum Gasteiger partial charge on any atom is -0.352 e. The summed E-state index contributed by atoms with van der Waals surface area (Å²) >= 11 is 0. The third-order valence-corrected chi connectivity index (χ3v) is 5.01. The number of fused-ring (bicyclic) bond motifs is 1. The number of amides is 1. The molecule has 28 heavy (non-hydrogen) atoms. The van der Waals surface area contributed by atoms with Gasteiger partial charge in [-0.05, 0) is 37.1 Å². The number of carbonyl (C=O) groups excluding carboxylic acids is 1. The smallest absolute Gasteiger partial charge is 0.352 e. The molecule has 4 rings (SSSR count). The quantitative estimate of drug-likeness (QED) is 0.730. The number of hydrogen-bond donors (Lipinski definition) is 1. The van der Waals surface area contributed by atoms with E-state index >= 15 is 0 Å². The molecule has 3 aromatic rings. The molecular formula is C20H19F3N4O. The molecule has 8 heteroatoms. The summed E-state index contributed by atoms with van der Waals surface area (Å²) in [6.45, 7) is 0.108. The Hall–Kier alpha value is -2.90. The van der Waals surface area contributed by atoms with Gasteiger partial charge in [0.1, 0.15) is 12.1 Å². The van der Waals surface area contributed by atoms with Crippen LogP contribution in [0.1, 0.15) is 31.2 Å². The van der Waals surface area contributed by atoms with Crippen LogP contribution in [0.15, 0.2) is 42.7 Å². The summed E-state index contributed by atoms with van der Waals surface area (Å²) in [6.07, 6.45) is 1.47. The number of pyridine rings is 1. The van der Waals surface area contributed by atoms with Crippen molar-refractivity contribution in [3.05, 3.63) is 48.3 Å². The zero-order chi connectivity index (χ0) is 19.7. The van der Waals surface area contributed by atoms with Crippen LogP contribution in [0.3, 0.4) is 0 Å². The van der Waals surface area contributed by atoms with E-state index in [9.17, 15) is 18.0 Å².